The zero-order valence-corrected chi connectivity index (χ0v) is 30.0. The summed E-state index contributed by atoms with van der Waals surface area (Å²) in [5.74, 6) is -2.08. The molecule has 5 amide bonds. The zero-order valence-electron chi connectivity index (χ0n) is 30.0. The zero-order chi connectivity index (χ0) is 37.6. The van der Waals surface area contributed by atoms with Crippen molar-refractivity contribution in [3.05, 3.63) is 93.0 Å². The molecule has 2 aliphatic heterocycles. The van der Waals surface area contributed by atoms with Gasteiger partial charge in [0.15, 0.2) is 0 Å². The van der Waals surface area contributed by atoms with Crippen LogP contribution in [0.1, 0.15) is 102 Å². The summed E-state index contributed by atoms with van der Waals surface area (Å²) in [7, 11) is 0. The van der Waals surface area contributed by atoms with Gasteiger partial charge in [0, 0.05) is 69.9 Å². The van der Waals surface area contributed by atoms with Crippen molar-refractivity contribution in [1.29, 1.82) is 0 Å². The average molecular weight is 709 g/mol. The Labute approximate surface area is 304 Å². The summed E-state index contributed by atoms with van der Waals surface area (Å²) in [6, 6.07) is 16.0. The number of non-ortho nitro benzene ring substituents is 1. The average Bonchev–Trinajstić information content (AvgIpc) is 3.15. The highest BCUT2D eigenvalue weighted by molar-refractivity contribution is 6.42. The lowest BCUT2D eigenvalue weighted by Crippen LogP contribution is -2.47. The third-order valence-electron chi connectivity index (χ3n) is 11.2. The maximum atomic E-state index is 14.8. The molecule has 0 atom stereocenters. The Hall–Kier alpha value is -6.23. The van der Waals surface area contributed by atoms with E-state index in [1.165, 1.54) is 34.9 Å². The van der Waals surface area contributed by atoms with Gasteiger partial charge in [-0.3, -0.25) is 43.9 Å². The Balaban J connectivity index is 1.56. The maximum Gasteiger partial charge on any atom is 0.270 e. The van der Waals surface area contributed by atoms with Crippen LogP contribution in [0.4, 0.5) is 11.4 Å². The van der Waals surface area contributed by atoms with Crippen molar-refractivity contribution in [3.63, 3.8) is 0 Å². The summed E-state index contributed by atoms with van der Waals surface area (Å²) in [5, 5.41) is 20.0. The lowest BCUT2D eigenvalue weighted by molar-refractivity contribution is -0.384. The predicted octanol–water partition coefficient (Wildman–Crippen LogP) is 8.84. The molecule has 0 radical (unpaired) electrons. The SMILES string of the molecule is CCC(CC)N1C(=O)c2ccc3c4ccc5c6c(c(-c7cc([N+](=O)[O-])ccc7NC(C)=O)cc(c7ccc(c2c37)C1=O)c64)C(=O)N(C(CC)CC)C5=O. The summed E-state index contributed by atoms with van der Waals surface area (Å²) < 4.78 is 0. The fourth-order valence-electron chi connectivity index (χ4n) is 8.75. The number of amides is 5. The molecular formula is C42H36N4O7. The highest BCUT2D eigenvalue weighted by Crippen LogP contribution is 2.50. The number of nitrogens with one attached hydrogen (secondary N) is 1. The minimum Gasteiger partial charge on any atom is -0.326 e. The van der Waals surface area contributed by atoms with Crippen LogP contribution in [0.25, 0.3) is 54.2 Å². The summed E-state index contributed by atoms with van der Waals surface area (Å²) in [6.45, 7) is 9.06. The molecule has 6 aromatic rings. The summed E-state index contributed by atoms with van der Waals surface area (Å²) in [4.78, 5) is 84.0. The van der Waals surface area contributed by atoms with Crippen molar-refractivity contribution in [3.8, 4) is 11.1 Å². The van der Waals surface area contributed by atoms with E-state index in [0.29, 0.717) is 80.3 Å². The molecule has 11 heteroatoms. The van der Waals surface area contributed by atoms with Crippen LogP contribution in [0.5, 0.6) is 0 Å². The first-order chi connectivity index (χ1) is 25.5. The van der Waals surface area contributed by atoms with Crippen LogP contribution in [0.3, 0.4) is 0 Å². The topological polar surface area (TPSA) is 147 Å². The fraction of sp³-hybridized carbons (Fsp3) is 0.262. The van der Waals surface area contributed by atoms with Crippen molar-refractivity contribution in [2.75, 3.05) is 5.32 Å². The Morgan fingerprint density at radius 1 is 0.604 bits per heavy atom. The number of nitro groups is 1. The highest BCUT2D eigenvalue weighted by atomic mass is 16.6. The van der Waals surface area contributed by atoms with Crippen molar-refractivity contribution < 1.29 is 28.9 Å². The summed E-state index contributed by atoms with van der Waals surface area (Å²) in [6.07, 6.45) is 2.29. The van der Waals surface area contributed by atoms with Gasteiger partial charge < -0.3 is 5.32 Å². The standard InChI is InChI=1S/C42H36N4O7/c1-6-21(7-2)44-39(48)27-14-11-24-25-12-16-29-37-35(25)31(26-13-15-28(40(44)49)36(27)34(24)26)19-32(38(37)42(51)45(41(29)50)22(8-3)9-4)30-18-23(46(52)53)10-17-33(30)43-20(5)47/h10-19,21-22H,6-9H2,1-5H3,(H,43,47). The normalized spacial score (nSPS) is 14.3. The van der Waals surface area contributed by atoms with E-state index in [0.717, 1.165) is 10.8 Å². The monoisotopic (exact) mass is 708 g/mol. The lowest BCUT2D eigenvalue weighted by atomic mass is 9.79. The molecule has 266 valence electrons. The smallest absolute Gasteiger partial charge is 0.270 e. The molecule has 2 heterocycles. The number of rotatable bonds is 9. The van der Waals surface area contributed by atoms with Gasteiger partial charge in [-0.05, 0) is 93.9 Å². The minimum absolute atomic E-state index is 0.208. The molecule has 0 unspecified atom stereocenters. The number of hydrogen-bond donors (Lipinski definition) is 1. The van der Waals surface area contributed by atoms with Gasteiger partial charge in [-0.15, -0.1) is 0 Å². The quantitative estimate of drug-likeness (QED) is 0.0519. The first-order valence-corrected chi connectivity index (χ1v) is 18.0. The highest BCUT2D eigenvalue weighted by Gasteiger charge is 2.41. The maximum absolute atomic E-state index is 14.8. The molecule has 0 bridgehead atoms. The number of hydrogen-bond acceptors (Lipinski definition) is 7. The number of nitrogens with zero attached hydrogens (tertiary/aromatic N) is 3. The van der Waals surface area contributed by atoms with Gasteiger partial charge in [0.1, 0.15) is 0 Å². The molecule has 11 nitrogen and oxygen atoms in total. The third kappa shape index (κ3) is 4.62. The summed E-state index contributed by atoms with van der Waals surface area (Å²) >= 11 is 0. The molecule has 1 N–H and O–H groups in total. The number of fused-ring (bicyclic) bond motifs is 2. The molecule has 53 heavy (non-hydrogen) atoms. The number of anilines is 1. The number of carbonyl (C=O) groups is 5. The first-order valence-electron chi connectivity index (χ1n) is 18.0. The Kier molecular flexibility index (Phi) is 7.79. The molecule has 8 rings (SSSR count). The molecule has 6 aromatic carbocycles. The van der Waals surface area contributed by atoms with Gasteiger partial charge in [-0.2, -0.15) is 0 Å². The van der Waals surface area contributed by atoms with E-state index in [4.69, 9.17) is 0 Å². The van der Waals surface area contributed by atoms with Gasteiger partial charge >= 0.3 is 0 Å². The molecule has 0 fully saturated rings. The van der Waals surface area contributed by atoms with Crippen molar-refractivity contribution in [2.45, 2.75) is 72.4 Å². The van der Waals surface area contributed by atoms with E-state index in [9.17, 15) is 34.1 Å². The van der Waals surface area contributed by atoms with Gasteiger partial charge in [0.05, 0.1) is 10.5 Å². The molecule has 2 aliphatic rings. The molecule has 0 aromatic heterocycles. The molecular weight excluding hydrogens is 672 g/mol. The van der Waals surface area contributed by atoms with Crippen LogP contribution in [0, 0.1) is 10.1 Å². The molecule has 0 saturated carbocycles. The molecule has 0 saturated heterocycles. The number of carbonyl (C=O) groups excluding carboxylic acids is 5. The van der Waals surface area contributed by atoms with E-state index in [1.807, 2.05) is 45.9 Å². The Morgan fingerprint density at radius 2 is 1.08 bits per heavy atom. The van der Waals surface area contributed by atoms with Gasteiger partial charge in [-0.25, -0.2) is 0 Å². The van der Waals surface area contributed by atoms with Crippen LogP contribution < -0.4 is 5.32 Å². The Bertz CT molecular complexity index is 2630. The Morgan fingerprint density at radius 3 is 1.57 bits per heavy atom. The van der Waals surface area contributed by atoms with E-state index in [1.54, 1.807) is 24.3 Å². The number of benzene rings is 6. The third-order valence-corrected chi connectivity index (χ3v) is 11.2. The largest absolute Gasteiger partial charge is 0.326 e. The number of imide groups is 2. The van der Waals surface area contributed by atoms with Gasteiger partial charge in [-0.1, -0.05) is 45.9 Å². The van der Waals surface area contributed by atoms with Crippen LogP contribution in [-0.4, -0.2) is 56.3 Å². The van der Waals surface area contributed by atoms with E-state index in [-0.39, 0.29) is 40.4 Å². The predicted molar refractivity (Wildman–Crippen MR) is 204 cm³/mol. The fourth-order valence-corrected chi connectivity index (χ4v) is 8.75. The summed E-state index contributed by atoms with van der Waals surface area (Å²) in [5.41, 5.74) is 1.92. The van der Waals surface area contributed by atoms with E-state index >= 15 is 0 Å². The second kappa shape index (κ2) is 12.2. The number of nitro benzene ring substituents is 1. The first kappa shape index (κ1) is 33.9. The van der Waals surface area contributed by atoms with Crippen molar-refractivity contribution in [1.82, 2.24) is 9.80 Å². The second-order valence-corrected chi connectivity index (χ2v) is 13.9. The van der Waals surface area contributed by atoms with Crippen LogP contribution in [-0.2, 0) is 4.79 Å². The molecule has 0 spiro atoms. The lowest BCUT2D eigenvalue weighted by Gasteiger charge is -2.35. The minimum atomic E-state index is -0.541. The van der Waals surface area contributed by atoms with E-state index < -0.39 is 28.7 Å². The molecule has 0 aliphatic carbocycles. The van der Waals surface area contributed by atoms with Crippen LogP contribution in [0.2, 0.25) is 0 Å². The van der Waals surface area contributed by atoms with Crippen LogP contribution in [0.15, 0.2) is 60.7 Å². The van der Waals surface area contributed by atoms with Crippen molar-refractivity contribution >= 4 is 84.0 Å². The van der Waals surface area contributed by atoms with E-state index in [2.05, 4.69) is 5.32 Å². The van der Waals surface area contributed by atoms with Crippen molar-refractivity contribution in [2.24, 2.45) is 0 Å². The second-order valence-electron chi connectivity index (χ2n) is 13.9. The van der Waals surface area contributed by atoms with Gasteiger partial charge in [0.25, 0.3) is 29.3 Å². The van der Waals surface area contributed by atoms with Crippen LogP contribution >= 0.6 is 0 Å². The van der Waals surface area contributed by atoms with Gasteiger partial charge in [0.2, 0.25) is 5.91 Å².